The van der Waals surface area contributed by atoms with Crippen molar-refractivity contribution in [3.8, 4) is 23.0 Å². The van der Waals surface area contributed by atoms with Crippen LogP contribution in [0.5, 0.6) is 23.0 Å². The summed E-state index contributed by atoms with van der Waals surface area (Å²) in [6.07, 6.45) is -4.76. The number of phenols is 1. The lowest BCUT2D eigenvalue weighted by atomic mass is 10.0. The molecule has 0 unspecified atom stereocenters. The smallest absolute Gasteiger partial charge is 0.423 e. The van der Waals surface area contributed by atoms with Gasteiger partial charge in [0.1, 0.15) is 17.1 Å². The van der Waals surface area contributed by atoms with Gasteiger partial charge in [-0.25, -0.2) is 0 Å². The molecular weight excluding hydrogens is 289 g/mol. The molecule has 0 aliphatic rings. The predicted octanol–water partition coefficient (Wildman–Crippen LogP) is 3.59. The zero-order valence-corrected chi connectivity index (χ0v) is 11.5. The Bertz CT molecular complexity index is 680. The van der Waals surface area contributed by atoms with Gasteiger partial charge in [-0.2, -0.15) is 13.2 Å². The van der Waals surface area contributed by atoms with Crippen molar-refractivity contribution in [2.75, 3.05) is 21.3 Å². The minimum atomic E-state index is -4.76. The van der Waals surface area contributed by atoms with Crippen molar-refractivity contribution in [1.82, 2.24) is 0 Å². The Labute approximate surface area is 118 Å². The molecule has 0 amide bonds. The second kappa shape index (κ2) is 5.23. The molecule has 0 saturated carbocycles. The summed E-state index contributed by atoms with van der Waals surface area (Å²) in [5, 5.41) is 10.3. The third-order valence-electron chi connectivity index (χ3n) is 3.09. The van der Waals surface area contributed by atoms with Gasteiger partial charge in [-0.15, -0.1) is 0 Å². The van der Waals surface area contributed by atoms with Crippen molar-refractivity contribution < 1.29 is 32.5 Å². The molecule has 0 aromatic heterocycles. The molecule has 0 radical (unpaired) electrons. The number of hydrogen-bond donors (Lipinski definition) is 1. The summed E-state index contributed by atoms with van der Waals surface area (Å²) in [4.78, 5) is 0. The van der Waals surface area contributed by atoms with E-state index in [1.54, 1.807) is 6.07 Å². The van der Waals surface area contributed by atoms with Crippen LogP contribution in [0.4, 0.5) is 13.2 Å². The van der Waals surface area contributed by atoms with Gasteiger partial charge < -0.3 is 19.3 Å². The lowest BCUT2D eigenvalue weighted by molar-refractivity contribution is -0.139. The van der Waals surface area contributed by atoms with Crippen molar-refractivity contribution in [2.24, 2.45) is 0 Å². The molecule has 0 aliphatic heterocycles. The Balaban J connectivity index is 3.07. The molecule has 2 rings (SSSR count). The Morgan fingerprint density at radius 1 is 0.952 bits per heavy atom. The first-order valence-electron chi connectivity index (χ1n) is 5.87. The molecule has 2 aromatic carbocycles. The number of alkyl halides is 3. The molecule has 7 heteroatoms. The van der Waals surface area contributed by atoms with Gasteiger partial charge in [0, 0.05) is 5.39 Å². The van der Waals surface area contributed by atoms with E-state index < -0.39 is 29.0 Å². The SMILES string of the molecule is COc1c(C(F)(F)F)c(OC)c2c(OC)cccc2c1O. The minimum Gasteiger partial charge on any atom is -0.504 e. The minimum absolute atomic E-state index is 0.0353. The van der Waals surface area contributed by atoms with E-state index in [9.17, 15) is 18.3 Å². The van der Waals surface area contributed by atoms with Gasteiger partial charge in [0.15, 0.2) is 11.5 Å². The van der Waals surface area contributed by atoms with E-state index in [2.05, 4.69) is 0 Å². The topological polar surface area (TPSA) is 47.9 Å². The highest BCUT2D eigenvalue weighted by Gasteiger charge is 2.41. The lowest BCUT2D eigenvalue weighted by Crippen LogP contribution is -2.11. The van der Waals surface area contributed by atoms with Crippen LogP contribution in [0, 0.1) is 0 Å². The van der Waals surface area contributed by atoms with E-state index >= 15 is 0 Å². The number of hydrogen-bond acceptors (Lipinski definition) is 4. The first-order valence-corrected chi connectivity index (χ1v) is 5.87. The van der Waals surface area contributed by atoms with Crippen LogP contribution in [0.15, 0.2) is 18.2 Å². The van der Waals surface area contributed by atoms with Crippen LogP contribution in [0.2, 0.25) is 0 Å². The lowest BCUT2D eigenvalue weighted by Gasteiger charge is -2.20. The average molecular weight is 302 g/mol. The van der Waals surface area contributed by atoms with Crippen molar-refractivity contribution in [3.05, 3.63) is 23.8 Å². The number of halogens is 3. The number of methoxy groups -OCH3 is 3. The summed E-state index contributed by atoms with van der Waals surface area (Å²) in [5.41, 5.74) is -1.18. The summed E-state index contributed by atoms with van der Waals surface area (Å²) < 4.78 is 54.7. The van der Waals surface area contributed by atoms with E-state index in [1.807, 2.05) is 0 Å². The fourth-order valence-corrected chi connectivity index (χ4v) is 2.26. The molecule has 21 heavy (non-hydrogen) atoms. The summed E-state index contributed by atoms with van der Waals surface area (Å²) in [6.45, 7) is 0. The van der Waals surface area contributed by atoms with E-state index in [-0.39, 0.29) is 16.5 Å². The first-order chi connectivity index (χ1) is 9.86. The maximum atomic E-state index is 13.3. The number of benzene rings is 2. The van der Waals surface area contributed by atoms with Crippen molar-refractivity contribution in [1.29, 1.82) is 0 Å². The number of fused-ring (bicyclic) bond motifs is 1. The molecule has 1 N–H and O–H groups in total. The third-order valence-corrected chi connectivity index (χ3v) is 3.09. The largest absolute Gasteiger partial charge is 0.504 e. The van der Waals surface area contributed by atoms with Gasteiger partial charge in [0.2, 0.25) is 0 Å². The van der Waals surface area contributed by atoms with Gasteiger partial charge in [0.25, 0.3) is 0 Å². The standard InChI is InChI=1S/C14H13F3O4/c1-19-8-6-4-5-7-9(8)12(20-2)10(14(15,16)17)13(21-3)11(7)18/h4-6,18H,1-3H3. The van der Waals surface area contributed by atoms with Crippen LogP contribution in [-0.2, 0) is 6.18 Å². The molecular formula is C14H13F3O4. The molecule has 114 valence electrons. The number of rotatable bonds is 3. The Hall–Kier alpha value is -2.31. The summed E-state index contributed by atoms with van der Waals surface area (Å²) in [5.74, 6) is -1.59. The Morgan fingerprint density at radius 3 is 2.05 bits per heavy atom. The number of aromatic hydroxyl groups is 1. The third kappa shape index (κ3) is 2.28. The molecule has 0 heterocycles. The fourth-order valence-electron chi connectivity index (χ4n) is 2.26. The highest BCUT2D eigenvalue weighted by molar-refractivity contribution is 6.01. The summed E-state index contributed by atoms with van der Waals surface area (Å²) in [6, 6.07) is 4.49. The predicted molar refractivity (Wildman–Crippen MR) is 70.3 cm³/mol. The zero-order valence-electron chi connectivity index (χ0n) is 11.5. The van der Waals surface area contributed by atoms with Crippen LogP contribution in [0.25, 0.3) is 10.8 Å². The maximum absolute atomic E-state index is 13.3. The quantitative estimate of drug-likeness (QED) is 0.941. The van der Waals surface area contributed by atoms with Crippen molar-refractivity contribution in [2.45, 2.75) is 6.18 Å². The van der Waals surface area contributed by atoms with Crippen LogP contribution in [-0.4, -0.2) is 26.4 Å². The van der Waals surface area contributed by atoms with Crippen LogP contribution >= 0.6 is 0 Å². The van der Waals surface area contributed by atoms with Gasteiger partial charge in [-0.05, 0) is 6.07 Å². The van der Waals surface area contributed by atoms with Crippen LogP contribution in [0.3, 0.4) is 0 Å². The molecule has 0 bridgehead atoms. The van der Waals surface area contributed by atoms with Crippen molar-refractivity contribution in [3.63, 3.8) is 0 Å². The Morgan fingerprint density at radius 2 is 1.57 bits per heavy atom. The van der Waals surface area contributed by atoms with E-state index in [4.69, 9.17) is 14.2 Å². The molecule has 0 aliphatic carbocycles. The zero-order chi connectivity index (χ0) is 15.8. The molecule has 0 atom stereocenters. The van der Waals surface area contributed by atoms with E-state index in [0.717, 1.165) is 14.2 Å². The molecule has 4 nitrogen and oxygen atoms in total. The van der Waals surface area contributed by atoms with Crippen molar-refractivity contribution >= 4 is 10.8 Å². The monoisotopic (exact) mass is 302 g/mol. The van der Waals surface area contributed by atoms with Gasteiger partial charge in [-0.3, -0.25) is 0 Å². The van der Waals surface area contributed by atoms with E-state index in [0.29, 0.717) is 0 Å². The number of phenolic OH excluding ortho intramolecular Hbond substituents is 1. The fraction of sp³-hybridized carbons (Fsp3) is 0.286. The average Bonchev–Trinajstić information content (AvgIpc) is 2.45. The highest BCUT2D eigenvalue weighted by Crippen LogP contribution is 2.53. The summed E-state index contributed by atoms with van der Waals surface area (Å²) >= 11 is 0. The first kappa shape index (κ1) is 15.1. The summed E-state index contributed by atoms with van der Waals surface area (Å²) in [7, 11) is 3.49. The molecule has 0 fully saturated rings. The molecule has 2 aromatic rings. The second-order valence-electron chi connectivity index (χ2n) is 4.17. The van der Waals surface area contributed by atoms with Gasteiger partial charge in [-0.1, -0.05) is 12.1 Å². The van der Waals surface area contributed by atoms with Crippen LogP contribution < -0.4 is 14.2 Å². The normalized spacial score (nSPS) is 11.5. The highest BCUT2D eigenvalue weighted by atomic mass is 19.4. The second-order valence-corrected chi connectivity index (χ2v) is 4.17. The Kier molecular flexibility index (Phi) is 3.76. The van der Waals surface area contributed by atoms with E-state index in [1.165, 1.54) is 19.2 Å². The van der Waals surface area contributed by atoms with Crippen LogP contribution in [0.1, 0.15) is 5.56 Å². The number of ether oxygens (including phenoxy) is 3. The van der Waals surface area contributed by atoms with Gasteiger partial charge in [0.05, 0.1) is 26.7 Å². The van der Waals surface area contributed by atoms with Gasteiger partial charge >= 0.3 is 6.18 Å². The maximum Gasteiger partial charge on any atom is 0.423 e. The molecule has 0 saturated heterocycles. The molecule has 0 spiro atoms.